The Balaban J connectivity index is 1.47. The van der Waals surface area contributed by atoms with Gasteiger partial charge >= 0.3 is 0 Å². The van der Waals surface area contributed by atoms with Gasteiger partial charge < -0.3 is 14.8 Å². The lowest BCUT2D eigenvalue weighted by Crippen LogP contribution is -2.23. The quantitative estimate of drug-likeness (QED) is 0.614. The molecule has 0 atom stereocenters. The van der Waals surface area contributed by atoms with Crippen molar-refractivity contribution in [2.75, 3.05) is 18.5 Å². The van der Waals surface area contributed by atoms with Crippen molar-refractivity contribution >= 4 is 21.6 Å². The van der Waals surface area contributed by atoms with E-state index in [0.29, 0.717) is 30.4 Å². The maximum atomic E-state index is 12.7. The molecule has 0 aromatic heterocycles. The zero-order valence-electron chi connectivity index (χ0n) is 16.7. The second kappa shape index (κ2) is 9.20. The van der Waals surface area contributed by atoms with E-state index in [1.165, 1.54) is 12.1 Å². The minimum absolute atomic E-state index is 0.0229. The number of hydrogen-bond acceptors (Lipinski definition) is 5. The summed E-state index contributed by atoms with van der Waals surface area (Å²) in [5.41, 5.74) is 1.61. The van der Waals surface area contributed by atoms with Crippen molar-refractivity contribution in [3.8, 4) is 11.5 Å². The van der Waals surface area contributed by atoms with Gasteiger partial charge in [-0.05, 0) is 35.9 Å². The number of amides is 1. The van der Waals surface area contributed by atoms with Gasteiger partial charge in [0.15, 0.2) is 11.5 Å². The minimum atomic E-state index is -3.77. The fourth-order valence-electron chi connectivity index (χ4n) is 3.11. The zero-order chi connectivity index (χ0) is 21.7. The van der Waals surface area contributed by atoms with Gasteiger partial charge in [0.1, 0.15) is 0 Å². The molecule has 3 aromatic rings. The largest absolute Gasteiger partial charge is 0.490 e. The first-order valence-corrected chi connectivity index (χ1v) is 11.3. The summed E-state index contributed by atoms with van der Waals surface area (Å²) in [4.78, 5) is 12.7. The summed E-state index contributed by atoms with van der Waals surface area (Å²) in [6.07, 6.45) is 0.788. The highest BCUT2D eigenvalue weighted by molar-refractivity contribution is 7.89. The van der Waals surface area contributed by atoms with Crippen molar-refractivity contribution in [3.05, 3.63) is 83.9 Å². The van der Waals surface area contributed by atoms with Crippen molar-refractivity contribution in [2.45, 2.75) is 17.9 Å². The van der Waals surface area contributed by atoms with Gasteiger partial charge in [0, 0.05) is 30.3 Å². The van der Waals surface area contributed by atoms with Crippen LogP contribution in [0.3, 0.4) is 0 Å². The molecule has 7 nitrogen and oxygen atoms in total. The number of benzene rings is 3. The third kappa shape index (κ3) is 5.22. The molecule has 3 aromatic carbocycles. The fraction of sp³-hybridized carbons (Fsp3) is 0.174. The summed E-state index contributed by atoms with van der Waals surface area (Å²) in [5.74, 6) is 0.777. The van der Waals surface area contributed by atoms with Gasteiger partial charge in [0.25, 0.3) is 5.91 Å². The van der Waals surface area contributed by atoms with Crippen LogP contribution in [-0.2, 0) is 16.6 Å². The Morgan fingerprint density at radius 2 is 1.65 bits per heavy atom. The monoisotopic (exact) mass is 438 g/mol. The number of rotatable bonds is 6. The van der Waals surface area contributed by atoms with Gasteiger partial charge in [-0.2, -0.15) is 0 Å². The van der Waals surface area contributed by atoms with Crippen molar-refractivity contribution in [1.29, 1.82) is 0 Å². The predicted molar refractivity (Wildman–Crippen MR) is 117 cm³/mol. The maximum Gasteiger partial charge on any atom is 0.255 e. The third-order valence-electron chi connectivity index (χ3n) is 4.72. The Hall–Kier alpha value is -3.36. The van der Waals surface area contributed by atoms with Crippen LogP contribution < -0.4 is 19.5 Å². The van der Waals surface area contributed by atoms with E-state index in [1.807, 2.05) is 30.3 Å². The molecule has 1 aliphatic heterocycles. The molecule has 1 aliphatic rings. The van der Waals surface area contributed by atoms with Gasteiger partial charge in [-0.3, -0.25) is 4.79 Å². The molecule has 0 bridgehead atoms. The number of fused-ring (bicyclic) bond motifs is 1. The van der Waals surface area contributed by atoms with Gasteiger partial charge in [0.05, 0.1) is 18.1 Å². The minimum Gasteiger partial charge on any atom is -0.490 e. The molecular weight excluding hydrogens is 416 g/mol. The Labute approximate surface area is 181 Å². The maximum absolute atomic E-state index is 12.7. The normalized spacial score (nSPS) is 13.3. The zero-order valence-corrected chi connectivity index (χ0v) is 17.5. The van der Waals surface area contributed by atoms with Crippen LogP contribution in [0.4, 0.5) is 5.69 Å². The molecule has 0 saturated carbocycles. The van der Waals surface area contributed by atoms with Crippen molar-refractivity contribution in [1.82, 2.24) is 4.72 Å². The summed E-state index contributed by atoms with van der Waals surface area (Å²) in [7, 11) is -3.77. The van der Waals surface area contributed by atoms with E-state index < -0.39 is 15.9 Å². The summed E-state index contributed by atoms with van der Waals surface area (Å²) < 4.78 is 39.1. The number of nitrogens with one attached hydrogen (secondary N) is 2. The van der Waals surface area contributed by atoms with Crippen LogP contribution in [0.1, 0.15) is 22.3 Å². The van der Waals surface area contributed by atoms with Crippen LogP contribution in [0.15, 0.2) is 77.7 Å². The molecule has 0 aliphatic carbocycles. The van der Waals surface area contributed by atoms with E-state index in [0.717, 1.165) is 12.0 Å². The SMILES string of the molecule is O=C(Nc1ccc2c(c1)OCCCO2)c1cccc(S(=O)(=O)NCc2ccccc2)c1. The Morgan fingerprint density at radius 3 is 2.45 bits per heavy atom. The van der Waals surface area contributed by atoms with Crippen LogP contribution in [0.2, 0.25) is 0 Å². The first-order valence-electron chi connectivity index (χ1n) is 9.86. The van der Waals surface area contributed by atoms with E-state index in [2.05, 4.69) is 10.0 Å². The number of carbonyl (C=O) groups excluding carboxylic acids is 1. The Morgan fingerprint density at radius 1 is 0.871 bits per heavy atom. The van der Waals surface area contributed by atoms with E-state index in [9.17, 15) is 13.2 Å². The number of carbonyl (C=O) groups is 1. The summed E-state index contributed by atoms with van der Waals surface area (Å²) in [6.45, 7) is 1.29. The van der Waals surface area contributed by atoms with Crippen LogP contribution >= 0.6 is 0 Å². The van der Waals surface area contributed by atoms with Crippen LogP contribution in [0, 0.1) is 0 Å². The van der Waals surface area contributed by atoms with Crippen molar-refractivity contribution < 1.29 is 22.7 Å². The Kier molecular flexibility index (Phi) is 6.20. The van der Waals surface area contributed by atoms with E-state index >= 15 is 0 Å². The second-order valence-corrected chi connectivity index (χ2v) is 8.77. The van der Waals surface area contributed by atoms with E-state index in [1.54, 1.807) is 30.3 Å². The van der Waals surface area contributed by atoms with Gasteiger partial charge in [-0.25, -0.2) is 13.1 Å². The summed E-state index contributed by atoms with van der Waals surface area (Å²) in [6, 6.07) is 20.3. The molecule has 160 valence electrons. The average Bonchev–Trinajstić information content (AvgIpc) is 3.04. The molecule has 8 heteroatoms. The van der Waals surface area contributed by atoms with Crippen LogP contribution in [-0.4, -0.2) is 27.5 Å². The third-order valence-corrected chi connectivity index (χ3v) is 6.12. The van der Waals surface area contributed by atoms with Gasteiger partial charge in [0.2, 0.25) is 10.0 Å². The van der Waals surface area contributed by atoms with E-state index in [-0.39, 0.29) is 17.0 Å². The second-order valence-electron chi connectivity index (χ2n) is 7.00. The Bertz CT molecular complexity index is 1180. The number of anilines is 1. The highest BCUT2D eigenvalue weighted by Crippen LogP contribution is 2.32. The van der Waals surface area contributed by atoms with Gasteiger partial charge in [-0.15, -0.1) is 0 Å². The molecule has 0 unspecified atom stereocenters. The van der Waals surface area contributed by atoms with Crippen molar-refractivity contribution in [2.24, 2.45) is 0 Å². The number of hydrogen-bond donors (Lipinski definition) is 2. The first-order chi connectivity index (χ1) is 15.0. The smallest absolute Gasteiger partial charge is 0.255 e. The molecule has 1 heterocycles. The molecule has 0 saturated heterocycles. The average molecular weight is 439 g/mol. The lowest BCUT2D eigenvalue weighted by atomic mass is 10.2. The molecular formula is C23H22N2O5S. The molecule has 4 rings (SSSR count). The number of sulfonamides is 1. The molecule has 31 heavy (non-hydrogen) atoms. The fourth-order valence-corrected chi connectivity index (χ4v) is 4.17. The first kappa shape index (κ1) is 20.9. The lowest BCUT2D eigenvalue weighted by Gasteiger charge is -2.11. The topological polar surface area (TPSA) is 93.7 Å². The van der Waals surface area contributed by atoms with Crippen LogP contribution in [0.25, 0.3) is 0 Å². The summed E-state index contributed by atoms with van der Waals surface area (Å²) >= 11 is 0. The van der Waals surface area contributed by atoms with Crippen molar-refractivity contribution in [3.63, 3.8) is 0 Å². The standard InChI is InChI=1S/C23H22N2O5S/c26-23(25-19-10-11-21-22(15-19)30-13-5-12-29-21)18-8-4-9-20(14-18)31(27,28)24-16-17-6-2-1-3-7-17/h1-4,6-11,14-15,24H,5,12-13,16H2,(H,25,26). The van der Waals surface area contributed by atoms with Crippen LogP contribution in [0.5, 0.6) is 11.5 Å². The molecule has 0 spiro atoms. The molecule has 0 fully saturated rings. The van der Waals surface area contributed by atoms with Gasteiger partial charge in [-0.1, -0.05) is 36.4 Å². The molecule has 0 radical (unpaired) electrons. The highest BCUT2D eigenvalue weighted by Gasteiger charge is 2.17. The summed E-state index contributed by atoms with van der Waals surface area (Å²) in [5, 5.41) is 2.78. The molecule has 1 amide bonds. The van der Waals surface area contributed by atoms with E-state index in [4.69, 9.17) is 9.47 Å². The highest BCUT2D eigenvalue weighted by atomic mass is 32.2. The number of ether oxygens (including phenoxy) is 2. The molecule has 2 N–H and O–H groups in total. The predicted octanol–water partition coefficient (Wildman–Crippen LogP) is 3.58. The lowest BCUT2D eigenvalue weighted by molar-refractivity contribution is 0.102.